The van der Waals surface area contributed by atoms with E-state index in [9.17, 15) is 0 Å². The van der Waals surface area contributed by atoms with E-state index in [1.165, 1.54) is 5.56 Å². The van der Waals surface area contributed by atoms with E-state index in [4.69, 9.17) is 18.0 Å². The summed E-state index contributed by atoms with van der Waals surface area (Å²) in [6.07, 6.45) is 9.79. The molecule has 1 aromatic carbocycles. The van der Waals surface area contributed by atoms with Gasteiger partial charge in [-0.05, 0) is 54.0 Å². The van der Waals surface area contributed by atoms with Crippen molar-refractivity contribution >= 4 is 46.2 Å². The second-order valence-corrected chi connectivity index (χ2v) is 5.97. The summed E-state index contributed by atoms with van der Waals surface area (Å²) in [6.45, 7) is 2.17. The fourth-order valence-electron chi connectivity index (χ4n) is 2.65. The lowest BCUT2D eigenvalue weighted by Gasteiger charge is -2.05. The van der Waals surface area contributed by atoms with E-state index < -0.39 is 0 Å². The number of aryl methyl sites for hydroxylation is 1. The van der Waals surface area contributed by atoms with Crippen LogP contribution in [0, 0.1) is 0 Å². The number of aromatic amines is 1. The van der Waals surface area contributed by atoms with Crippen LogP contribution in [0.25, 0.3) is 23.1 Å². The Morgan fingerprint density at radius 2 is 2.08 bits per heavy atom. The van der Waals surface area contributed by atoms with Crippen molar-refractivity contribution in [2.45, 2.75) is 19.8 Å². The highest BCUT2D eigenvalue weighted by atomic mass is 32.1. The molecule has 0 aliphatic carbocycles. The minimum Gasteiger partial charge on any atom is -0.376 e. The Bertz CT molecular complexity index is 883. The molecule has 0 amide bonds. The zero-order chi connectivity index (χ0) is 16.9. The number of hydrogen-bond donors (Lipinski definition) is 3. The predicted molar refractivity (Wildman–Crippen MR) is 104 cm³/mol. The first-order valence-corrected chi connectivity index (χ1v) is 8.23. The molecule has 2 heterocycles. The van der Waals surface area contributed by atoms with Gasteiger partial charge in [0.2, 0.25) is 0 Å². The van der Waals surface area contributed by atoms with Crippen molar-refractivity contribution < 1.29 is 0 Å². The molecule has 122 valence electrons. The van der Waals surface area contributed by atoms with Crippen LogP contribution in [0.4, 0.5) is 5.82 Å². The smallest absolute Gasteiger partial charge is 0.169 e. The number of thiocarbonyl (C=S) groups is 1. The lowest BCUT2D eigenvalue weighted by Crippen LogP contribution is -2.19. The number of fused-ring (bicyclic) bond motifs is 1. The van der Waals surface area contributed by atoms with E-state index in [1.54, 1.807) is 12.4 Å². The van der Waals surface area contributed by atoms with Crippen LogP contribution in [-0.2, 0) is 6.42 Å². The first-order valence-electron chi connectivity index (χ1n) is 7.83. The van der Waals surface area contributed by atoms with Gasteiger partial charge < -0.3 is 11.1 Å². The number of hydrogen-bond acceptors (Lipinski definition) is 3. The number of H-pyrrole nitrogens is 1. The number of nitrogens with zero attached hydrogens (tertiary/aromatic N) is 2. The summed E-state index contributed by atoms with van der Waals surface area (Å²) in [7, 11) is 0. The van der Waals surface area contributed by atoms with Gasteiger partial charge in [0.05, 0.1) is 5.52 Å². The van der Waals surface area contributed by atoms with E-state index in [0.29, 0.717) is 5.82 Å². The summed E-state index contributed by atoms with van der Waals surface area (Å²) in [4.78, 5) is 4.04. The molecule has 3 aromatic rings. The van der Waals surface area contributed by atoms with Crippen molar-refractivity contribution in [1.29, 1.82) is 0 Å². The Morgan fingerprint density at radius 3 is 2.79 bits per heavy atom. The molecule has 3 rings (SSSR count). The van der Waals surface area contributed by atoms with Gasteiger partial charge in [-0.3, -0.25) is 10.1 Å². The molecular weight excluding hydrogens is 318 g/mol. The SMILES string of the molecule is CCCc1cc(/C=C/c2ccncc2)c2[nH]nc(NC(N)=S)c2c1. The van der Waals surface area contributed by atoms with E-state index in [2.05, 4.69) is 51.7 Å². The van der Waals surface area contributed by atoms with Crippen LogP contribution in [0.1, 0.15) is 30.0 Å². The molecule has 0 bridgehead atoms. The quantitative estimate of drug-likeness (QED) is 0.618. The van der Waals surface area contributed by atoms with Crippen molar-refractivity contribution in [3.63, 3.8) is 0 Å². The maximum absolute atomic E-state index is 5.59. The highest BCUT2D eigenvalue weighted by Crippen LogP contribution is 2.27. The first-order chi connectivity index (χ1) is 11.7. The molecule has 0 aliphatic heterocycles. The van der Waals surface area contributed by atoms with Crippen LogP contribution >= 0.6 is 12.2 Å². The number of anilines is 1. The molecule has 0 atom stereocenters. The summed E-state index contributed by atoms with van der Waals surface area (Å²) in [5.74, 6) is 0.661. The third-order valence-electron chi connectivity index (χ3n) is 3.70. The Kier molecular flexibility index (Phi) is 4.86. The molecule has 2 aromatic heterocycles. The molecule has 0 fully saturated rings. The van der Waals surface area contributed by atoms with Crippen LogP contribution < -0.4 is 11.1 Å². The zero-order valence-corrected chi connectivity index (χ0v) is 14.2. The number of pyridine rings is 1. The lowest BCUT2D eigenvalue weighted by molar-refractivity contribution is 0.923. The minimum atomic E-state index is 0.207. The Morgan fingerprint density at radius 1 is 1.29 bits per heavy atom. The van der Waals surface area contributed by atoms with Gasteiger partial charge in [-0.1, -0.05) is 25.5 Å². The summed E-state index contributed by atoms with van der Waals surface area (Å²) in [5, 5.41) is 11.5. The lowest BCUT2D eigenvalue weighted by atomic mass is 10.0. The number of nitrogens with one attached hydrogen (secondary N) is 2. The number of nitrogens with two attached hydrogens (primary N) is 1. The van der Waals surface area contributed by atoms with Crippen LogP contribution in [0.2, 0.25) is 0 Å². The second-order valence-electron chi connectivity index (χ2n) is 5.53. The standard InChI is InChI=1S/C18H19N5S/c1-2-3-13-10-14(5-4-12-6-8-20-9-7-12)16-15(11-13)17(23-22-16)21-18(19)24/h4-11H,2-3H2,1H3,(H4,19,21,22,23,24)/b5-4+. The Hall–Kier alpha value is -2.73. The fourth-order valence-corrected chi connectivity index (χ4v) is 2.74. The molecule has 0 radical (unpaired) electrons. The van der Waals surface area contributed by atoms with Gasteiger partial charge in [-0.25, -0.2) is 0 Å². The summed E-state index contributed by atoms with van der Waals surface area (Å²) in [6, 6.07) is 8.26. The molecule has 5 nitrogen and oxygen atoms in total. The van der Waals surface area contributed by atoms with Crippen molar-refractivity contribution in [2.24, 2.45) is 5.73 Å². The molecule has 0 saturated heterocycles. The third kappa shape index (κ3) is 3.60. The molecule has 0 aliphatic rings. The van der Waals surface area contributed by atoms with Gasteiger partial charge in [0.15, 0.2) is 10.9 Å². The van der Waals surface area contributed by atoms with Gasteiger partial charge in [0.1, 0.15) is 0 Å². The van der Waals surface area contributed by atoms with Gasteiger partial charge >= 0.3 is 0 Å². The fraction of sp³-hybridized carbons (Fsp3) is 0.167. The molecule has 6 heteroatoms. The van der Waals surface area contributed by atoms with Crippen molar-refractivity contribution in [3.8, 4) is 0 Å². The van der Waals surface area contributed by atoms with Crippen molar-refractivity contribution in [3.05, 3.63) is 53.3 Å². The van der Waals surface area contributed by atoms with Crippen LogP contribution in [0.5, 0.6) is 0 Å². The molecule has 24 heavy (non-hydrogen) atoms. The summed E-state index contributed by atoms with van der Waals surface area (Å²) >= 11 is 4.93. The van der Waals surface area contributed by atoms with Crippen LogP contribution in [0.3, 0.4) is 0 Å². The number of benzene rings is 1. The van der Waals surface area contributed by atoms with Gasteiger partial charge in [-0.2, -0.15) is 5.10 Å². The highest BCUT2D eigenvalue weighted by Gasteiger charge is 2.10. The monoisotopic (exact) mass is 337 g/mol. The minimum absolute atomic E-state index is 0.207. The second kappa shape index (κ2) is 7.23. The maximum atomic E-state index is 5.59. The topological polar surface area (TPSA) is 79.6 Å². The number of aromatic nitrogens is 3. The molecule has 4 N–H and O–H groups in total. The van der Waals surface area contributed by atoms with Gasteiger partial charge in [-0.15, -0.1) is 0 Å². The van der Waals surface area contributed by atoms with Crippen molar-refractivity contribution in [2.75, 3.05) is 5.32 Å². The van der Waals surface area contributed by atoms with Crippen LogP contribution in [-0.4, -0.2) is 20.3 Å². The van der Waals surface area contributed by atoms with E-state index >= 15 is 0 Å². The molecule has 0 unspecified atom stereocenters. The number of rotatable bonds is 5. The molecule has 0 saturated carbocycles. The zero-order valence-electron chi connectivity index (χ0n) is 13.4. The van der Waals surface area contributed by atoms with E-state index in [0.717, 1.165) is 34.9 Å². The van der Waals surface area contributed by atoms with Gasteiger partial charge in [0, 0.05) is 23.3 Å². The molecular formula is C18H19N5S. The molecule has 0 spiro atoms. The average Bonchev–Trinajstić information content (AvgIpc) is 2.96. The first kappa shape index (κ1) is 16.1. The average molecular weight is 337 g/mol. The normalized spacial score (nSPS) is 11.2. The van der Waals surface area contributed by atoms with Gasteiger partial charge in [0.25, 0.3) is 0 Å². The van der Waals surface area contributed by atoms with E-state index in [-0.39, 0.29) is 5.11 Å². The predicted octanol–water partition coefficient (Wildman–Crippen LogP) is 3.74. The Balaban J connectivity index is 2.06. The Labute approximate surface area is 146 Å². The van der Waals surface area contributed by atoms with Crippen molar-refractivity contribution in [1.82, 2.24) is 15.2 Å². The largest absolute Gasteiger partial charge is 0.376 e. The van der Waals surface area contributed by atoms with E-state index in [1.807, 2.05) is 12.1 Å². The summed E-state index contributed by atoms with van der Waals surface area (Å²) in [5.41, 5.74) is 9.98. The maximum Gasteiger partial charge on any atom is 0.169 e. The third-order valence-corrected chi connectivity index (χ3v) is 3.81. The van der Waals surface area contributed by atoms with Crippen LogP contribution in [0.15, 0.2) is 36.7 Å². The highest BCUT2D eigenvalue weighted by molar-refractivity contribution is 7.80. The summed E-state index contributed by atoms with van der Waals surface area (Å²) < 4.78 is 0.